The Morgan fingerprint density at radius 3 is 2.14 bits per heavy atom. The van der Waals surface area contributed by atoms with E-state index in [4.69, 9.17) is 4.74 Å². The van der Waals surface area contributed by atoms with Crippen LogP contribution < -0.4 is 0 Å². The number of rotatable bonds is 5. The van der Waals surface area contributed by atoms with Crippen LogP contribution in [0, 0.1) is 0 Å². The minimum atomic E-state index is 0.0646. The molecule has 154 valence electrons. The number of ether oxygens (including phenoxy) is 1. The van der Waals surface area contributed by atoms with Gasteiger partial charge in [0.05, 0.1) is 6.10 Å². The third-order valence-electron chi connectivity index (χ3n) is 5.91. The van der Waals surface area contributed by atoms with E-state index in [1.807, 2.05) is 0 Å². The molecule has 0 bridgehead atoms. The van der Waals surface area contributed by atoms with Crippen LogP contribution in [-0.2, 0) is 14.3 Å². The van der Waals surface area contributed by atoms with E-state index in [0.717, 1.165) is 25.2 Å². The van der Waals surface area contributed by atoms with Gasteiger partial charge in [-0.3, -0.25) is 9.59 Å². The van der Waals surface area contributed by atoms with Gasteiger partial charge in [0.1, 0.15) is 6.61 Å². The summed E-state index contributed by atoms with van der Waals surface area (Å²) in [4.78, 5) is 26.1. The van der Waals surface area contributed by atoms with Crippen molar-refractivity contribution in [3.05, 3.63) is 35.9 Å². The highest BCUT2D eigenvalue weighted by Crippen LogP contribution is 2.39. The Hall–Kier alpha value is -1.88. The molecule has 2 aliphatic carbocycles. The Balaban J connectivity index is 0.000000206. The molecule has 0 unspecified atom stereocenters. The van der Waals surface area contributed by atoms with E-state index in [0.29, 0.717) is 26.2 Å². The van der Waals surface area contributed by atoms with E-state index in [1.165, 1.54) is 44.1 Å². The van der Waals surface area contributed by atoms with Gasteiger partial charge in [0, 0.05) is 26.2 Å². The molecule has 0 spiro atoms. The van der Waals surface area contributed by atoms with Gasteiger partial charge in [-0.15, -0.1) is 0 Å². The Morgan fingerprint density at radius 2 is 1.57 bits per heavy atom. The monoisotopic (exact) mass is 386 g/mol. The minimum Gasteiger partial charge on any atom is -0.368 e. The zero-order chi connectivity index (χ0) is 19.6. The number of piperazine rings is 1. The van der Waals surface area contributed by atoms with Crippen molar-refractivity contribution in [3.8, 4) is 0 Å². The molecule has 1 aromatic carbocycles. The van der Waals surface area contributed by atoms with Gasteiger partial charge < -0.3 is 14.5 Å². The summed E-state index contributed by atoms with van der Waals surface area (Å²) >= 11 is 0. The second-order valence-electron chi connectivity index (χ2n) is 8.13. The largest absolute Gasteiger partial charge is 0.368 e. The number of hydrogen-bond donors (Lipinski definition) is 0. The third kappa shape index (κ3) is 6.93. The van der Waals surface area contributed by atoms with E-state index in [-0.39, 0.29) is 18.6 Å². The molecule has 0 atom stereocenters. The van der Waals surface area contributed by atoms with Crippen LogP contribution >= 0.6 is 0 Å². The molecule has 28 heavy (non-hydrogen) atoms. The summed E-state index contributed by atoms with van der Waals surface area (Å²) in [6.07, 6.45) is 11.1. The van der Waals surface area contributed by atoms with Crippen LogP contribution in [0.15, 0.2) is 30.3 Å². The molecule has 4 rings (SSSR count). The zero-order valence-electron chi connectivity index (χ0n) is 16.9. The van der Waals surface area contributed by atoms with Crippen molar-refractivity contribution in [1.29, 1.82) is 0 Å². The van der Waals surface area contributed by atoms with Gasteiger partial charge in [0.15, 0.2) is 0 Å². The highest BCUT2D eigenvalue weighted by atomic mass is 16.5. The SMILES string of the molecule is O=CN1CCN(C(=O)COC2CCCCCC2)CC1.c1ccc(C2CC2)cc1. The summed E-state index contributed by atoms with van der Waals surface area (Å²) in [5, 5.41) is 0. The first kappa shape index (κ1) is 20.8. The standard InChI is InChI=1S/C14H24N2O3.C9H10/c17-12-15-7-9-16(10-8-15)14(18)11-19-13-5-3-1-2-4-6-13;1-2-4-8(5-3-1)9-6-7-9/h12-13H,1-11H2;1-5,9H,6-7H2. The fraction of sp³-hybridized carbons (Fsp3) is 0.652. The van der Waals surface area contributed by atoms with Crippen LogP contribution in [0.1, 0.15) is 62.8 Å². The first-order valence-corrected chi connectivity index (χ1v) is 10.9. The topological polar surface area (TPSA) is 49.9 Å². The second kappa shape index (κ2) is 11.2. The molecule has 2 saturated carbocycles. The van der Waals surface area contributed by atoms with Gasteiger partial charge in [0.25, 0.3) is 0 Å². The van der Waals surface area contributed by atoms with Crippen LogP contribution in [-0.4, -0.2) is 61.0 Å². The molecule has 3 aliphatic rings. The average Bonchev–Trinajstić information content (AvgIpc) is 3.61. The van der Waals surface area contributed by atoms with E-state index in [1.54, 1.807) is 9.80 Å². The highest BCUT2D eigenvalue weighted by Gasteiger charge is 2.23. The van der Waals surface area contributed by atoms with Crippen molar-refractivity contribution >= 4 is 12.3 Å². The van der Waals surface area contributed by atoms with Crippen molar-refractivity contribution in [2.75, 3.05) is 32.8 Å². The summed E-state index contributed by atoms with van der Waals surface area (Å²) in [6.45, 7) is 2.74. The van der Waals surface area contributed by atoms with Crippen molar-refractivity contribution < 1.29 is 14.3 Å². The summed E-state index contributed by atoms with van der Waals surface area (Å²) in [7, 11) is 0. The van der Waals surface area contributed by atoms with Crippen LogP contribution in [0.3, 0.4) is 0 Å². The predicted molar refractivity (Wildman–Crippen MR) is 110 cm³/mol. The molecule has 1 aromatic rings. The quantitative estimate of drug-likeness (QED) is 0.574. The molecule has 1 saturated heterocycles. The number of benzene rings is 1. The Morgan fingerprint density at radius 1 is 0.929 bits per heavy atom. The maximum absolute atomic E-state index is 12.0. The zero-order valence-corrected chi connectivity index (χ0v) is 16.9. The van der Waals surface area contributed by atoms with Crippen molar-refractivity contribution in [1.82, 2.24) is 9.80 Å². The maximum Gasteiger partial charge on any atom is 0.248 e. The van der Waals surface area contributed by atoms with Crippen LogP contribution in [0.4, 0.5) is 0 Å². The lowest BCUT2D eigenvalue weighted by Gasteiger charge is -2.32. The summed E-state index contributed by atoms with van der Waals surface area (Å²) in [5.74, 6) is 0.973. The summed E-state index contributed by atoms with van der Waals surface area (Å²) < 4.78 is 5.76. The van der Waals surface area contributed by atoms with E-state index < -0.39 is 0 Å². The molecular formula is C23H34N2O3. The van der Waals surface area contributed by atoms with Gasteiger partial charge in [0.2, 0.25) is 12.3 Å². The number of carbonyl (C=O) groups excluding carboxylic acids is 2. The number of amides is 2. The summed E-state index contributed by atoms with van der Waals surface area (Å²) in [5.41, 5.74) is 1.53. The van der Waals surface area contributed by atoms with Crippen molar-refractivity contribution in [3.63, 3.8) is 0 Å². The predicted octanol–water partition coefficient (Wildman–Crippen LogP) is 3.59. The fourth-order valence-electron chi connectivity index (χ4n) is 3.91. The van der Waals surface area contributed by atoms with Gasteiger partial charge in [-0.25, -0.2) is 0 Å². The van der Waals surface area contributed by atoms with Gasteiger partial charge >= 0.3 is 0 Å². The number of hydrogen-bond acceptors (Lipinski definition) is 3. The second-order valence-corrected chi connectivity index (χ2v) is 8.13. The Kier molecular flexibility index (Phi) is 8.34. The first-order valence-electron chi connectivity index (χ1n) is 10.9. The number of nitrogens with zero attached hydrogens (tertiary/aromatic N) is 2. The highest BCUT2D eigenvalue weighted by molar-refractivity contribution is 5.77. The lowest BCUT2D eigenvalue weighted by atomic mass is 10.1. The molecule has 3 fully saturated rings. The fourth-order valence-corrected chi connectivity index (χ4v) is 3.91. The van der Waals surface area contributed by atoms with Crippen molar-refractivity contribution in [2.45, 2.75) is 63.4 Å². The third-order valence-corrected chi connectivity index (χ3v) is 5.91. The molecule has 5 heteroatoms. The van der Waals surface area contributed by atoms with Crippen LogP contribution in [0.25, 0.3) is 0 Å². The first-order chi connectivity index (χ1) is 13.8. The molecule has 0 radical (unpaired) electrons. The van der Waals surface area contributed by atoms with Gasteiger partial charge in [-0.05, 0) is 37.2 Å². The number of carbonyl (C=O) groups is 2. The Bertz CT molecular complexity index is 587. The Labute approximate surface area is 169 Å². The van der Waals surface area contributed by atoms with Gasteiger partial charge in [-0.2, -0.15) is 0 Å². The lowest BCUT2D eigenvalue weighted by Crippen LogP contribution is -2.49. The smallest absolute Gasteiger partial charge is 0.248 e. The van der Waals surface area contributed by atoms with E-state index in [9.17, 15) is 9.59 Å². The van der Waals surface area contributed by atoms with Crippen LogP contribution in [0.5, 0.6) is 0 Å². The van der Waals surface area contributed by atoms with Crippen LogP contribution in [0.2, 0.25) is 0 Å². The molecule has 5 nitrogen and oxygen atoms in total. The molecule has 2 amide bonds. The normalized spacial score (nSPS) is 20.7. The van der Waals surface area contributed by atoms with Gasteiger partial charge in [-0.1, -0.05) is 56.0 Å². The maximum atomic E-state index is 12.0. The van der Waals surface area contributed by atoms with E-state index in [2.05, 4.69) is 30.3 Å². The molecule has 0 aromatic heterocycles. The minimum absolute atomic E-state index is 0.0646. The van der Waals surface area contributed by atoms with Crippen molar-refractivity contribution in [2.24, 2.45) is 0 Å². The molecular weight excluding hydrogens is 352 g/mol. The van der Waals surface area contributed by atoms with E-state index >= 15 is 0 Å². The lowest BCUT2D eigenvalue weighted by molar-refractivity contribution is -0.141. The summed E-state index contributed by atoms with van der Waals surface area (Å²) in [6, 6.07) is 10.8. The molecule has 1 aliphatic heterocycles. The average molecular weight is 387 g/mol. The molecule has 0 N–H and O–H groups in total. The molecule has 1 heterocycles.